The number of benzene rings is 4. The lowest BCUT2D eigenvalue weighted by molar-refractivity contribution is -0.132. The summed E-state index contributed by atoms with van der Waals surface area (Å²) in [6.45, 7) is 4.55. The van der Waals surface area contributed by atoms with E-state index in [-0.39, 0.29) is 11.0 Å². The molecule has 4 nitrogen and oxygen atoms in total. The summed E-state index contributed by atoms with van der Waals surface area (Å²) in [5.41, 5.74) is 8.78. The molecule has 182 valence electrons. The molecule has 4 heteroatoms. The Labute approximate surface area is 217 Å². The number of carboxylic acids is 1. The highest BCUT2D eigenvalue weighted by Crippen LogP contribution is 2.54. The maximum Gasteiger partial charge on any atom is 0.346 e. The highest BCUT2D eigenvalue weighted by molar-refractivity contribution is 5.96. The molecular weight excluding hydrogens is 456 g/mol. The summed E-state index contributed by atoms with van der Waals surface area (Å²) >= 11 is 0. The van der Waals surface area contributed by atoms with Crippen molar-refractivity contribution in [1.29, 1.82) is 5.26 Å². The molecule has 0 radical (unpaired) electrons. The van der Waals surface area contributed by atoms with E-state index in [1.54, 1.807) is 6.07 Å². The smallest absolute Gasteiger partial charge is 0.346 e. The third-order valence-corrected chi connectivity index (χ3v) is 7.54. The number of nitrogens with zero attached hydrogens (tertiary/aromatic N) is 2. The van der Waals surface area contributed by atoms with E-state index >= 15 is 0 Å². The molecule has 0 spiro atoms. The molecule has 0 amide bonds. The van der Waals surface area contributed by atoms with Crippen LogP contribution in [0.1, 0.15) is 43.4 Å². The van der Waals surface area contributed by atoms with Gasteiger partial charge in [0.15, 0.2) is 0 Å². The van der Waals surface area contributed by atoms with E-state index in [0.717, 1.165) is 29.9 Å². The van der Waals surface area contributed by atoms with E-state index < -0.39 is 5.97 Å². The summed E-state index contributed by atoms with van der Waals surface area (Å²) in [4.78, 5) is 13.5. The standard InChI is InChI=1S/C33H28N2O2/c1-3-33(4-2)30-13-9-8-12-28(30)29-19-18-27(21-31(29)33)35(25-10-6-5-7-11-25)26-16-14-23(15-17-26)20-24(22-34)32(36)37/h5-21H,3-4H2,1-2H3,(H,36,37)/b24-20+. The molecule has 1 aliphatic carbocycles. The minimum absolute atomic E-state index is 0.0243. The highest BCUT2D eigenvalue weighted by Gasteiger charge is 2.40. The SMILES string of the molecule is CCC1(CC)c2ccccc2-c2ccc(N(c3ccccc3)c3ccc(/C=C(\C#N)C(=O)O)cc3)cc21. The summed E-state index contributed by atoms with van der Waals surface area (Å²) in [7, 11) is 0. The second-order valence-corrected chi connectivity index (χ2v) is 9.30. The van der Waals surface area contributed by atoms with Crippen LogP contribution in [0.2, 0.25) is 0 Å². The zero-order valence-corrected chi connectivity index (χ0v) is 21.0. The molecule has 4 aromatic carbocycles. The number of rotatable bonds is 7. The number of carboxylic acid groups (broad SMARTS) is 1. The zero-order valence-electron chi connectivity index (χ0n) is 21.0. The van der Waals surface area contributed by atoms with Crippen molar-refractivity contribution < 1.29 is 9.90 Å². The van der Waals surface area contributed by atoms with Crippen LogP contribution in [-0.2, 0) is 10.2 Å². The van der Waals surface area contributed by atoms with Crippen LogP contribution in [0, 0.1) is 11.3 Å². The van der Waals surface area contributed by atoms with Crippen LogP contribution >= 0.6 is 0 Å². The zero-order chi connectivity index (χ0) is 26.0. The van der Waals surface area contributed by atoms with Crippen molar-refractivity contribution in [3.05, 3.63) is 119 Å². The van der Waals surface area contributed by atoms with Crippen molar-refractivity contribution in [1.82, 2.24) is 0 Å². The van der Waals surface area contributed by atoms with Crippen molar-refractivity contribution in [2.45, 2.75) is 32.1 Å². The molecule has 5 rings (SSSR count). The molecule has 0 atom stereocenters. The topological polar surface area (TPSA) is 64.3 Å². The van der Waals surface area contributed by atoms with Gasteiger partial charge in [0.25, 0.3) is 0 Å². The van der Waals surface area contributed by atoms with Crippen LogP contribution in [0.4, 0.5) is 17.1 Å². The lowest BCUT2D eigenvalue weighted by Gasteiger charge is -2.31. The fourth-order valence-corrected chi connectivity index (χ4v) is 5.65. The first-order valence-electron chi connectivity index (χ1n) is 12.6. The summed E-state index contributed by atoms with van der Waals surface area (Å²) in [6.07, 6.45) is 3.44. The van der Waals surface area contributed by atoms with Crippen molar-refractivity contribution in [3.8, 4) is 17.2 Å². The molecule has 0 unspecified atom stereocenters. The first-order valence-corrected chi connectivity index (χ1v) is 12.6. The molecule has 0 saturated carbocycles. The monoisotopic (exact) mass is 484 g/mol. The van der Waals surface area contributed by atoms with Gasteiger partial charge in [-0.15, -0.1) is 0 Å². The Morgan fingerprint density at radius 3 is 2.05 bits per heavy atom. The second kappa shape index (κ2) is 9.79. The normalized spacial score (nSPS) is 13.4. The minimum atomic E-state index is -1.23. The van der Waals surface area contributed by atoms with Crippen LogP contribution in [0.25, 0.3) is 17.2 Å². The van der Waals surface area contributed by atoms with Gasteiger partial charge in [0.1, 0.15) is 11.6 Å². The molecule has 4 aromatic rings. The number of para-hydroxylation sites is 1. The van der Waals surface area contributed by atoms with Gasteiger partial charge >= 0.3 is 5.97 Å². The summed E-state index contributed by atoms with van der Waals surface area (Å²) in [5.74, 6) is -1.23. The maximum atomic E-state index is 11.3. The molecule has 0 fully saturated rings. The van der Waals surface area contributed by atoms with Gasteiger partial charge in [-0.25, -0.2) is 4.79 Å². The molecule has 1 aliphatic rings. The third kappa shape index (κ3) is 4.09. The molecule has 1 N–H and O–H groups in total. The number of fused-ring (bicyclic) bond motifs is 3. The van der Waals surface area contributed by atoms with Crippen LogP contribution in [0.3, 0.4) is 0 Å². The highest BCUT2D eigenvalue weighted by atomic mass is 16.4. The molecule has 0 saturated heterocycles. The Morgan fingerprint density at radius 1 is 0.811 bits per heavy atom. The fraction of sp³-hybridized carbons (Fsp3) is 0.152. The number of anilines is 3. The van der Waals surface area contributed by atoms with E-state index in [2.05, 4.69) is 73.3 Å². The molecule has 37 heavy (non-hydrogen) atoms. The van der Waals surface area contributed by atoms with Gasteiger partial charge < -0.3 is 10.0 Å². The summed E-state index contributed by atoms with van der Waals surface area (Å²) in [5, 5.41) is 18.3. The van der Waals surface area contributed by atoms with Gasteiger partial charge in [0, 0.05) is 22.5 Å². The molecule has 0 bridgehead atoms. The number of hydrogen-bond acceptors (Lipinski definition) is 3. The van der Waals surface area contributed by atoms with E-state index in [4.69, 9.17) is 5.26 Å². The second-order valence-electron chi connectivity index (χ2n) is 9.30. The van der Waals surface area contributed by atoms with Crippen molar-refractivity contribution in [2.24, 2.45) is 0 Å². The van der Waals surface area contributed by atoms with E-state index in [9.17, 15) is 9.90 Å². The summed E-state index contributed by atoms with van der Waals surface area (Å²) < 4.78 is 0. The van der Waals surface area contributed by atoms with Gasteiger partial charge in [-0.1, -0.05) is 74.5 Å². The minimum Gasteiger partial charge on any atom is -0.477 e. The number of carbonyl (C=O) groups is 1. The van der Waals surface area contributed by atoms with E-state index in [1.807, 2.05) is 42.5 Å². The predicted molar refractivity (Wildman–Crippen MR) is 149 cm³/mol. The van der Waals surface area contributed by atoms with Gasteiger partial charge in [-0.2, -0.15) is 5.26 Å². The maximum absolute atomic E-state index is 11.3. The fourth-order valence-electron chi connectivity index (χ4n) is 5.65. The van der Waals surface area contributed by atoms with Crippen molar-refractivity contribution >= 4 is 29.1 Å². The lowest BCUT2D eigenvalue weighted by Crippen LogP contribution is -2.23. The average molecular weight is 485 g/mol. The van der Waals surface area contributed by atoms with Gasteiger partial charge in [-0.05, 0) is 83.1 Å². The molecule has 0 aliphatic heterocycles. The first-order chi connectivity index (χ1) is 18.0. The van der Waals surface area contributed by atoms with Crippen LogP contribution < -0.4 is 4.90 Å². The lowest BCUT2D eigenvalue weighted by atomic mass is 9.74. The van der Waals surface area contributed by atoms with E-state index in [1.165, 1.54) is 28.3 Å². The molecular formula is C33H28N2O2. The predicted octanol–water partition coefficient (Wildman–Crippen LogP) is 8.23. The molecule has 0 aromatic heterocycles. The van der Waals surface area contributed by atoms with Gasteiger partial charge in [-0.3, -0.25) is 0 Å². The third-order valence-electron chi connectivity index (χ3n) is 7.54. The number of aliphatic carboxylic acids is 1. The Morgan fingerprint density at radius 2 is 1.41 bits per heavy atom. The van der Waals surface area contributed by atoms with E-state index in [0.29, 0.717) is 5.56 Å². The first kappa shape index (κ1) is 24.1. The van der Waals surface area contributed by atoms with Crippen LogP contribution in [0.15, 0.2) is 103 Å². The van der Waals surface area contributed by atoms with Crippen LogP contribution in [0.5, 0.6) is 0 Å². The Balaban J connectivity index is 1.64. The van der Waals surface area contributed by atoms with Crippen LogP contribution in [-0.4, -0.2) is 11.1 Å². The Kier molecular flexibility index (Phi) is 6.38. The van der Waals surface area contributed by atoms with Gasteiger partial charge in [0.2, 0.25) is 0 Å². The number of hydrogen-bond donors (Lipinski definition) is 1. The average Bonchev–Trinajstić information content (AvgIpc) is 3.22. The summed E-state index contributed by atoms with van der Waals surface area (Å²) in [6, 6.07) is 35.1. The largest absolute Gasteiger partial charge is 0.477 e. The quantitative estimate of drug-likeness (QED) is 0.212. The Bertz CT molecular complexity index is 1530. The number of nitriles is 1. The van der Waals surface area contributed by atoms with Gasteiger partial charge in [0.05, 0.1) is 0 Å². The molecule has 0 heterocycles. The van der Waals surface area contributed by atoms with Crippen molar-refractivity contribution in [3.63, 3.8) is 0 Å². The van der Waals surface area contributed by atoms with Crippen molar-refractivity contribution in [2.75, 3.05) is 4.90 Å². The Hall–Kier alpha value is -4.62.